The van der Waals surface area contributed by atoms with Crippen molar-refractivity contribution in [1.29, 1.82) is 0 Å². The Morgan fingerprint density at radius 1 is 0.900 bits per heavy atom. The average molecular weight is 267 g/mol. The molecule has 1 aromatic carbocycles. The minimum atomic E-state index is 0.466. The number of nitrogens with zero attached hydrogens (tertiary/aromatic N) is 3. The maximum atomic E-state index is 5.18. The molecule has 2 heterocycles. The van der Waals surface area contributed by atoms with Crippen molar-refractivity contribution in [2.45, 2.75) is 0 Å². The molecule has 5 heteroatoms. The number of rotatable bonds is 3. The van der Waals surface area contributed by atoms with Gasteiger partial charge in [-0.2, -0.15) is 9.97 Å². The molecule has 0 spiro atoms. The molecule has 0 N–H and O–H groups in total. The van der Waals surface area contributed by atoms with E-state index in [0.29, 0.717) is 17.6 Å². The molecule has 2 aromatic heterocycles. The summed E-state index contributed by atoms with van der Waals surface area (Å²) in [6, 6.07) is 11.4. The smallest absolute Gasteiger partial charge is 0.220 e. The Morgan fingerprint density at radius 2 is 1.65 bits per heavy atom. The number of benzene rings is 1. The molecule has 0 atom stereocenters. The highest BCUT2D eigenvalue weighted by Gasteiger charge is 2.10. The lowest BCUT2D eigenvalue weighted by molar-refractivity contribution is 0.373. The third-order valence-corrected chi connectivity index (χ3v) is 2.98. The summed E-state index contributed by atoms with van der Waals surface area (Å²) in [5.74, 6) is 1.49. The van der Waals surface area contributed by atoms with E-state index in [-0.39, 0.29) is 0 Å². The number of aromatic nitrogens is 3. The summed E-state index contributed by atoms with van der Waals surface area (Å²) < 4.78 is 10.4. The van der Waals surface area contributed by atoms with Crippen LogP contribution >= 0.6 is 0 Å². The molecule has 5 nitrogen and oxygen atoms in total. The Kier molecular flexibility index (Phi) is 3.16. The van der Waals surface area contributed by atoms with Crippen molar-refractivity contribution < 1.29 is 9.47 Å². The molecule has 100 valence electrons. The Labute approximate surface area is 116 Å². The van der Waals surface area contributed by atoms with Gasteiger partial charge in [0.15, 0.2) is 5.82 Å². The first kappa shape index (κ1) is 12.3. The van der Waals surface area contributed by atoms with Crippen LogP contribution in [0.3, 0.4) is 0 Å². The third-order valence-electron chi connectivity index (χ3n) is 2.98. The molecule has 0 aliphatic heterocycles. The molecule has 3 aromatic rings. The fraction of sp³-hybridized carbons (Fsp3) is 0.133. The molecule has 0 aliphatic rings. The number of methoxy groups -OCH3 is 2. The van der Waals surface area contributed by atoms with Crippen molar-refractivity contribution >= 4 is 10.9 Å². The van der Waals surface area contributed by atoms with E-state index in [9.17, 15) is 0 Å². The van der Waals surface area contributed by atoms with Gasteiger partial charge in [0.1, 0.15) is 0 Å². The standard InChI is InChI=1S/C15H13N3O2/c1-19-13-9-14(20-2)18-15(17-13)11-5-3-7-12-10(11)6-4-8-16-12/h3-9H,1-2H3. The van der Waals surface area contributed by atoms with Crippen LogP contribution in [0.5, 0.6) is 11.8 Å². The Hall–Kier alpha value is -2.69. The maximum absolute atomic E-state index is 5.18. The molecule has 0 amide bonds. The first-order chi connectivity index (χ1) is 9.81. The highest BCUT2D eigenvalue weighted by atomic mass is 16.5. The van der Waals surface area contributed by atoms with Crippen molar-refractivity contribution in [2.75, 3.05) is 14.2 Å². The van der Waals surface area contributed by atoms with E-state index in [1.54, 1.807) is 26.5 Å². The molecule has 0 radical (unpaired) electrons. The Bertz CT molecular complexity index is 731. The zero-order valence-corrected chi connectivity index (χ0v) is 11.2. The van der Waals surface area contributed by atoms with Crippen LogP contribution in [0.1, 0.15) is 0 Å². The van der Waals surface area contributed by atoms with Gasteiger partial charge >= 0.3 is 0 Å². The second-order valence-electron chi connectivity index (χ2n) is 4.15. The average Bonchev–Trinajstić information content (AvgIpc) is 2.53. The zero-order valence-electron chi connectivity index (χ0n) is 11.2. The van der Waals surface area contributed by atoms with Crippen molar-refractivity contribution in [3.63, 3.8) is 0 Å². The van der Waals surface area contributed by atoms with Crippen LogP contribution in [-0.2, 0) is 0 Å². The molecular formula is C15H13N3O2. The molecule has 0 aliphatic carbocycles. The summed E-state index contributed by atoms with van der Waals surface area (Å²) in [4.78, 5) is 13.1. The van der Waals surface area contributed by atoms with Crippen LogP contribution in [0, 0.1) is 0 Å². The first-order valence-corrected chi connectivity index (χ1v) is 6.13. The predicted molar refractivity (Wildman–Crippen MR) is 75.9 cm³/mol. The lowest BCUT2D eigenvalue weighted by atomic mass is 10.1. The largest absolute Gasteiger partial charge is 0.481 e. The summed E-state index contributed by atoms with van der Waals surface area (Å²) >= 11 is 0. The van der Waals surface area contributed by atoms with Gasteiger partial charge in [-0.05, 0) is 12.1 Å². The van der Waals surface area contributed by atoms with Gasteiger partial charge in [0.25, 0.3) is 0 Å². The minimum Gasteiger partial charge on any atom is -0.481 e. The van der Waals surface area contributed by atoms with Crippen LogP contribution in [-0.4, -0.2) is 29.2 Å². The fourth-order valence-corrected chi connectivity index (χ4v) is 2.03. The number of ether oxygens (including phenoxy) is 2. The van der Waals surface area contributed by atoms with Gasteiger partial charge in [-0.15, -0.1) is 0 Å². The third kappa shape index (κ3) is 2.14. The van der Waals surface area contributed by atoms with E-state index in [1.165, 1.54) is 0 Å². The van der Waals surface area contributed by atoms with Gasteiger partial charge in [-0.3, -0.25) is 4.98 Å². The van der Waals surface area contributed by atoms with Crippen LogP contribution in [0.4, 0.5) is 0 Å². The second kappa shape index (κ2) is 5.13. The maximum Gasteiger partial charge on any atom is 0.220 e. The van der Waals surface area contributed by atoms with Crippen LogP contribution in [0.15, 0.2) is 42.6 Å². The highest BCUT2D eigenvalue weighted by molar-refractivity contribution is 5.92. The molecule has 0 bridgehead atoms. The van der Waals surface area contributed by atoms with Crippen molar-refractivity contribution in [2.24, 2.45) is 0 Å². The fourth-order valence-electron chi connectivity index (χ4n) is 2.03. The van der Waals surface area contributed by atoms with E-state index in [4.69, 9.17) is 9.47 Å². The lowest BCUT2D eigenvalue weighted by Gasteiger charge is -2.08. The number of hydrogen-bond acceptors (Lipinski definition) is 5. The van der Waals surface area contributed by atoms with E-state index >= 15 is 0 Å². The second-order valence-corrected chi connectivity index (χ2v) is 4.15. The summed E-state index contributed by atoms with van der Waals surface area (Å²) in [6.45, 7) is 0. The molecule has 0 fully saturated rings. The number of hydrogen-bond donors (Lipinski definition) is 0. The summed E-state index contributed by atoms with van der Waals surface area (Å²) in [7, 11) is 3.13. The molecule has 0 saturated carbocycles. The Morgan fingerprint density at radius 3 is 2.35 bits per heavy atom. The summed E-state index contributed by atoms with van der Waals surface area (Å²) in [5, 5.41) is 0.991. The molecule has 20 heavy (non-hydrogen) atoms. The quantitative estimate of drug-likeness (QED) is 0.730. The summed E-state index contributed by atoms with van der Waals surface area (Å²) in [5.41, 5.74) is 1.79. The monoisotopic (exact) mass is 267 g/mol. The van der Waals surface area contributed by atoms with Gasteiger partial charge in [0.05, 0.1) is 25.8 Å². The normalized spacial score (nSPS) is 10.5. The topological polar surface area (TPSA) is 57.1 Å². The molecule has 3 rings (SSSR count). The van der Waals surface area contributed by atoms with Gasteiger partial charge in [0.2, 0.25) is 11.8 Å². The SMILES string of the molecule is COc1cc(OC)nc(-c2cccc3ncccc23)n1. The first-order valence-electron chi connectivity index (χ1n) is 6.13. The van der Waals surface area contributed by atoms with E-state index < -0.39 is 0 Å². The minimum absolute atomic E-state index is 0.466. The summed E-state index contributed by atoms with van der Waals surface area (Å²) in [6.07, 6.45) is 1.76. The van der Waals surface area contributed by atoms with Crippen molar-refractivity contribution in [1.82, 2.24) is 15.0 Å². The van der Waals surface area contributed by atoms with Gasteiger partial charge < -0.3 is 9.47 Å². The van der Waals surface area contributed by atoms with Gasteiger partial charge in [-0.25, -0.2) is 0 Å². The van der Waals surface area contributed by atoms with Gasteiger partial charge in [0, 0.05) is 17.1 Å². The van der Waals surface area contributed by atoms with Crippen LogP contribution in [0.25, 0.3) is 22.3 Å². The van der Waals surface area contributed by atoms with Crippen LogP contribution in [0.2, 0.25) is 0 Å². The van der Waals surface area contributed by atoms with Gasteiger partial charge in [-0.1, -0.05) is 18.2 Å². The predicted octanol–water partition coefficient (Wildman–Crippen LogP) is 2.71. The van der Waals surface area contributed by atoms with Crippen molar-refractivity contribution in [3.8, 4) is 23.1 Å². The zero-order chi connectivity index (χ0) is 13.9. The molecular weight excluding hydrogens is 254 g/mol. The lowest BCUT2D eigenvalue weighted by Crippen LogP contribution is -1.97. The van der Waals surface area contributed by atoms with E-state index in [0.717, 1.165) is 16.5 Å². The van der Waals surface area contributed by atoms with E-state index in [2.05, 4.69) is 15.0 Å². The van der Waals surface area contributed by atoms with Crippen molar-refractivity contribution in [3.05, 3.63) is 42.6 Å². The number of pyridine rings is 1. The molecule has 0 saturated heterocycles. The van der Waals surface area contributed by atoms with Crippen LogP contribution < -0.4 is 9.47 Å². The Balaban J connectivity index is 2.25. The highest BCUT2D eigenvalue weighted by Crippen LogP contribution is 2.28. The molecule has 0 unspecified atom stereocenters. The number of fused-ring (bicyclic) bond motifs is 1. The van der Waals surface area contributed by atoms with E-state index in [1.807, 2.05) is 30.3 Å².